The first-order valence-corrected chi connectivity index (χ1v) is 18.1. The van der Waals surface area contributed by atoms with E-state index in [1.165, 1.54) is 0 Å². The van der Waals surface area contributed by atoms with Crippen LogP contribution in [0.15, 0.2) is 36.4 Å². The van der Waals surface area contributed by atoms with Gasteiger partial charge in [0.2, 0.25) is 0 Å². The van der Waals surface area contributed by atoms with Gasteiger partial charge >= 0.3 is 0 Å². The van der Waals surface area contributed by atoms with E-state index in [2.05, 4.69) is 24.3 Å². The maximum atomic E-state index is 14.3. The lowest BCUT2D eigenvalue weighted by Gasteiger charge is -2.28. The van der Waals surface area contributed by atoms with Gasteiger partial charge in [0.1, 0.15) is 24.3 Å². The summed E-state index contributed by atoms with van der Waals surface area (Å²) in [5.41, 5.74) is 20.8. The van der Waals surface area contributed by atoms with Crippen LogP contribution >= 0.6 is 0 Å². The van der Waals surface area contributed by atoms with Crippen LogP contribution in [0.5, 0.6) is 0 Å². The van der Waals surface area contributed by atoms with Crippen LogP contribution in [0.2, 0.25) is 0 Å². The number of imide groups is 2. The normalized spacial score (nSPS) is 13.0. The standard InChI is InChI=1S/C46H34N8O4/c1-19-20(2)42(54-44(56)30-12-10-28(14-32(30)46(54)58)38-25(7)35(17-49)40(52)36(18-50)26(38)8)22(4)21(3)41(19)53-43(55)29-11-9-27(13-31(29)45(53)57)37-23(5)33(15-47)39(51)34(16-48)24(37)6/h9-14H,51-52H2,1-8H3. The largest absolute Gasteiger partial charge is 0.397 e. The number of amides is 4. The van der Waals surface area contributed by atoms with Crippen LogP contribution in [0.25, 0.3) is 22.3 Å². The number of carbonyl (C=O) groups excluding carboxylic acids is 4. The summed E-state index contributed by atoms with van der Waals surface area (Å²) in [5, 5.41) is 39.4. The third-order valence-electron chi connectivity index (χ3n) is 11.9. The molecule has 2 aliphatic rings. The van der Waals surface area contributed by atoms with Crippen LogP contribution in [-0.2, 0) is 0 Å². The topological polar surface area (TPSA) is 222 Å². The Morgan fingerprint density at radius 2 is 0.672 bits per heavy atom. The van der Waals surface area contributed by atoms with E-state index in [1.807, 2.05) is 0 Å². The molecule has 0 saturated heterocycles. The van der Waals surface area contributed by atoms with E-state index in [-0.39, 0.29) is 55.9 Å². The molecule has 58 heavy (non-hydrogen) atoms. The lowest BCUT2D eigenvalue weighted by molar-refractivity contribution is 0.0908. The first kappa shape index (κ1) is 38.2. The smallest absolute Gasteiger partial charge is 0.266 e. The van der Waals surface area contributed by atoms with Crippen molar-refractivity contribution in [2.75, 3.05) is 21.3 Å². The molecule has 0 bridgehead atoms. The van der Waals surface area contributed by atoms with Gasteiger partial charge in [-0.2, -0.15) is 21.0 Å². The van der Waals surface area contributed by atoms with Crippen LogP contribution in [0.1, 0.15) is 108 Å². The van der Waals surface area contributed by atoms with E-state index < -0.39 is 23.6 Å². The summed E-state index contributed by atoms with van der Waals surface area (Å²) >= 11 is 0. The van der Waals surface area contributed by atoms with Gasteiger partial charge in [-0.3, -0.25) is 19.2 Å². The second-order valence-electron chi connectivity index (χ2n) is 14.6. The van der Waals surface area contributed by atoms with Crippen molar-refractivity contribution in [2.24, 2.45) is 0 Å². The number of nitrogen functional groups attached to an aromatic ring is 2. The average Bonchev–Trinajstić information content (AvgIpc) is 3.58. The van der Waals surface area contributed by atoms with E-state index in [1.54, 1.807) is 91.8 Å². The number of fused-ring (bicyclic) bond motifs is 2. The van der Waals surface area contributed by atoms with Crippen molar-refractivity contribution in [2.45, 2.75) is 55.4 Å². The molecule has 5 aromatic carbocycles. The molecule has 0 spiro atoms. The first-order chi connectivity index (χ1) is 27.5. The number of hydrogen-bond acceptors (Lipinski definition) is 10. The van der Waals surface area contributed by atoms with Gasteiger partial charge in [0.05, 0.1) is 67.3 Å². The molecule has 0 atom stereocenters. The number of carbonyl (C=O) groups is 4. The minimum absolute atomic E-state index is 0.0852. The molecule has 2 heterocycles. The summed E-state index contributed by atoms with van der Waals surface area (Å²) in [6.45, 7) is 13.8. The summed E-state index contributed by atoms with van der Waals surface area (Å²) < 4.78 is 0. The summed E-state index contributed by atoms with van der Waals surface area (Å²) in [6, 6.07) is 18.0. The Labute approximate surface area is 334 Å². The molecule has 4 amide bonds. The fourth-order valence-corrected chi connectivity index (χ4v) is 8.71. The third kappa shape index (κ3) is 4.96. The predicted molar refractivity (Wildman–Crippen MR) is 218 cm³/mol. The number of rotatable bonds is 4. The Balaban J connectivity index is 1.30. The van der Waals surface area contributed by atoms with E-state index in [4.69, 9.17) is 11.5 Å². The molecule has 0 unspecified atom stereocenters. The monoisotopic (exact) mass is 762 g/mol. The van der Waals surface area contributed by atoms with Crippen molar-refractivity contribution in [3.8, 4) is 46.5 Å². The average molecular weight is 763 g/mol. The fourth-order valence-electron chi connectivity index (χ4n) is 8.71. The number of nitriles is 4. The van der Waals surface area contributed by atoms with Crippen molar-refractivity contribution in [1.82, 2.24) is 0 Å². The molecule has 12 nitrogen and oxygen atoms in total. The summed E-state index contributed by atoms with van der Waals surface area (Å²) in [6.07, 6.45) is 0. The molecule has 2 aliphatic heterocycles. The molecular formula is C46H34N8O4. The third-order valence-corrected chi connectivity index (χ3v) is 11.9. The summed E-state index contributed by atoms with van der Waals surface area (Å²) in [5.74, 6) is -2.25. The lowest BCUT2D eigenvalue weighted by Crippen LogP contribution is -2.34. The van der Waals surface area contributed by atoms with Gasteiger partial charge in [-0.1, -0.05) is 12.1 Å². The van der Waals surface area contributed by atoms with Crippen molar-refractivity contribution in [3.05, 3.63) is 125 Å². The molecule has 0 aromatic heterocycles. The zero-order chi connectivity index (χ0) is 42.4. The zero-order valence-electron chi connectivity index (χ0n) is 32.9. The van der Waals surface area contributed by atoms with E-state index in [0.717, 1.165) is 9.80 Å². The van der Waals surface area contributed by atoms with Crippen molar-refractivity contribution in [1.29, 1.82) is 21.0 Å². The number of anilines is 4. The van der Waals surface area contributed by atoms with Gasteiger partial charge in [0.15, 0.2) is 0 Å². The van der Waals surface area contributed by atoms with Crippen molar-refractivity contribution in [3.63, 3.8) is 0 Å². The first-order valence-electron chi connectivity index (χ1n) is 18.1. The highest BCUT2D eigenvalue weighted by Crippen LogP contribution is 2.45. The van der Waals surface area contributed by atoms with Gasteiger partial charge in [0.25, 0.3) is 23.6 Å². The van der Waals surface area contributed by atoms with Crippen molar-refractivity contribution >= 4 is 46.4 Å². The van der Waals surface area contributed by atoms with Crippen LogP contribution in [0.4, 0.5) is 22.7 Å². The summed E-state index contributed by atoms with van der Waals surface area (Å²) in [7, 11) is 0. The minimum atomic E-state index is -0.577. The molecule has 0 saturated carbocycles. The highest BCUT2D eigenvalue weighted by atomic mass is 16.2. The predicted octanol–water partition coefficient (Wildman–Crippen LogP) is 7.74. The molecule has 0 fully saturated rings. The highest BCUT2D eigenvalue weighted by molar-refractivity contribution is 6.37. The molecule has 0 radical (unpaired) electrons. The minimum Gasteiger partial charge on any atom is -0.397 e. The maximum Gasteiger partial charge on any atom is 0.266 e. The van der Waals surface area contributed by atoms with Crippen molar-refractivity contribution < 1.29 is 19.2 Å². The van der Waals surface area contributed by atoms with E-state index >= 15 is 0 Å². The number of hydrogen-bond donors (Lipinski definition) is 2. The Bertz CT molecular complexity index is 2720. The van der Waals surface area contributed by atoms with Gasteiger partial charge in [-0.05, 0) is 146 Å². The Hall–Kier alpha value is -8.06. The zero-order valence-corrected chi connectivity index (χ0v) is 32.9. The Kier molecular flexibility index (Phi) is 8.77. The molecule has 12 heteroatoms. The second-order valence-corrected chi connectivity index (χ2v) is 14.6. The number of nitrogens with zero attached hydrogens (tertiary/aromatic N) is 6. The van der Waals surface area contributed by atoms with E-state index in [0.29, 0.717) is 78.1 Å². The van der Waals surface area contributed by atoms with Gasteiger partial charge in [-0.15, -0.1) is 0 Å². The van der Waals surface area contributed by atoms with Gasteiger partial charge in [0, 0.05) is 0 Å². The SMILES string of the molecule is Cc1c(C#N)c(N)c(C#N)c(C)c1-c1ccc2c(c1)C(=O)N(c1c(C)c(C)c(N3C(=O)c4ccc(-c5c(C)c(C#N)c(N)c(C#N)c5C)cc4C3=O)c(C)c1C)C2=O. The molecular weight excluding hydrogens is 729 g/mol. The van der Waals surface area contributed by atoms with E-state index in [9.17, 15) is 40.2 Å². The molecule has 4 N–H and O–H groups in total. The van der Waals surface area contributed by atoms with Crippen LogP contribution in [0, 0.1) is 101 Å². The van der Waals surface area contributed by atoms with Crippen LogP contribution in [-0.4, -0.2) is 23.6 Å². The fraction of sp³-hybridized carbons (Fsp3) is 0.174. The van der Waals surface area contributed by atoms with Crippen LogP contribution in [0.3, 0.4) is 0 Å². The van der Waals surface area contributed by atoms with Crippen LogP contribution < -0.4 is 21.3 Å². The van der Waals surface area contributed by atoms with Gasteiger partial charge in [-0.25, -0.2) is 9.80 Å². The second kappa shape index (κ2) is 13.3. The summed E-state index contributed by atoms with van der Waals surface area (Å²) in [4.78, 5) is 59.0. The Morgan fingerprint density at radius 1 is 0.414 bits per heavy atom. The molecule has 5 aromatic rings. The maximum absolute atomic E-state index is 14.3. The lowest BCUT2D eigenvalue weighted by atomic mass is 9.87. The number of benzene rings is 5. The van der Waals surface area contributed by atoms with Gasteiger partial charge < -0.3 is 11.5 Å². The molecule has 7 rings (SSSR count). The quantitative estimate of drug-likeness (QED) is 0.134. The highest BCUT2D eigenvalue weighted by Gasteiger charge is 2.43. The molecule has 282 valence electrons. The number of nitrogens with two attached hydrogens (primary N) is 2. The Morgan fingerprint density at radius 3 is 0.931 bits per heavy atom. The molecule has 0 aliphatic carbocycles.